The molecular formula is C17H22F2N2O2. The van der Waals surface area contributed by atoms with Crippen LogP contribution in [0.1, 0.15) is 37.7 Å². The monoisotopic (exact) mass is 324 g/mol. The third-order valence-corrected chi connectivity index (χ3v) is 4.85. The molecule has 1 saturated heterocycles. The van der Waals surface area contributed by atoms with Crippen molar-refractivity contribution in [2.75, 3.05) is 13.1 Å². The van der Waals surface area contributed by atoms with E-state index in [1.807, 2.05) is 0 Å². The number of aliphatic hydroxyl groups is 1. The van der Waals surface area contributed by atoms with Crippen molar-refractivity contribution in [3.05, 3.63) is 35.4 Å². The van der Waals surface area contributed by atoms with Crippen molar-refractivity contribution < 1.29 is 18.7 Å². The molecule has 2 fully saturated rings. The molecule has 0 aromatic heterocycles. The molecular weight excluding hydrogens is 302 g/mol. The lowest BCUT2D eigenvalue weighted by Gasteiger charge is -2.40. The Labute approximate surface area is 134 Å². The first-order valence-electron chi connectivity index (χ1n) is 8.17. The fourth-order valence-electron chi connectivity index (χ4n) is 3.16. The van der Waals surface area contributed by atoms with Crippen molar-refractivity contribution in [2.24, 2.45) is 0 Å². The Morgan fingerprint density at radius 1 is 1.26 bits per heavy atom. The molecule has 0 radical (unpaired) electrons. The van der Waals surface area contributed by atoms with E-state index in [1.54, 1.807) is 0 Å². The lowest BCUT2D eigenvalue weighted by atomic mass is 9.88. The molecule has 23 heavy (non-hydrogen) atoms. The van der Waals surface area contributed by atoms with Crippen LogP contribution >= 0.6 is 0 Å². The highest BCUT2D eigenvalue weighted by atomic mass is 19.2. The minimum Gasteiger partial charge on any atom is -0.379 e. The van der Waals surface area contributed by atoms with E-state index in [0.717, 1.165) is 25.0 Å². The van der Waals surface area contributed by atoms with Gasteiger partial charge in [-0.05, 0) is 43.4 Å². The Morgan fingerprint density at radius 2 is 2.04 bits per heavy atom. The second kappa shape index (κ2) is 6.53. The van der Waals surface area contributed by atoms with Crippen LogP contribution in [-0.2, 0) is 11.3 Å². The topological polar surface area (TPSA) is 52.6 Å². The third kappa shape index (κ3) is 3.53. The van der Waals surface area contributed by atoms with E-state index in [-0.39, 0.29) is 19.0 Å². The number of benzene rings is 1. The van der Waals surface area contributed by atoms with E-state index in [0.29, 0.717) is 31.0 Å². The normalized spacial score (nSPS) is 25.5. The Morgan fingerprint density at radius 3 is 2.70 bits per heavy atom. The van der Waals surface area contributed by atoms with Gasteiger partial charge in [-0.15, -0.1) is 0 Å². The van der Waals surface area contributed by atoms with Gasteiger partial charge in [-0.2, -0.15) is 0 Å². The van der Waals surface area contributed by atoms with Crippen LogP contribution in [0.5, 0.6) is 0 Å². The average molecular weight is 324 g/mol. The summed E-state index contributed by atoms with van der Waals surface area (Å²) >= 11 is 0. The highest BCUT2D eigenvalue weighted by molar-refractivity contribution is 5.86. The molecule has 0 spiro atoms. The van der Waals surface area contributed by atoms with Gasteiger partial charge in [-0.3, -0.25) is 4.79 Å². The fourth-order valence-corrected chi connectivity index (χ4v) is 3.16. The van der Waals surface area contributed by atoms with E-state index in [4.69, 9.17) is 0 Å². The molecule has 1 amide bonds. The summed E-state index contributed by atoms with van der Waals surface area (Å²) in [5.74, 6) is -2.16. The molecule has 4 nitrogen and oxygen atoms in total. The minimum absolute atomic E-state index is 0.182. The Bertz CT molecular complexity index is 592. The van der Waals surface area contributed by atoms with Gasteiger partial charge in [0.25, 0.3) is 5.91 Å². The van der Waals surface area contributed by atoms with E-state index in [9.17, 15) is 18.7 Å². The molecule has 0 bridgehead atoms. The smallest absolute Gasteiger partial charge is 0.256 e. The first-order chi connectivity index (χ1) is 11.0. The maximum atomic E-state index is 13.3. The number of hydrogen-bond donors (Lipinski definition) is 2. The number of amides is 1. The van der Waals surface area contributed by atoms with Gasteiger partial charge in [0.2, 0.25) is 0 Å². The summed E-state index contributed by atoms with van der Waals surface area (Å²) in [5.41, 5.74) is -0.875. The maximum Gasteiger partial charge on any atom is 0.256 e. The van der Waals surface area contributed by atoms with Gasteiger partial charge >= 0.3 is 0 Å². The van der Waals surface area contributed by atoms with Gasteiger partial charge < -0.3 is 15.3 Å². The summed E-state index contributed by atoms with van der Waals surface area (Å²) in [6.07, 6.45) is 4.48. The highest BCUT2D eigenvalue weighted by Crippen LogP contribution is 2.26. The van der Waals surface area contributed by atoms with Crippen LogP contribution in [0.2, 0.25) is 0 Å². The molecule has 1 heterocycles. The van der Waals surface area contributed by atoms with Crippen molar-refractivity contribution in [3.63, 3.8) is 0 Å². The summed E-state index contributed by atoms with van der Waals surface area (Å²) in [5, 5.41) is 13.9. The standard InChI is InChI=1S/C17H22F2N2O2/c18-14-6-5-12(9-15(14)19)10-21-8-2-7-17(23,16(21)22)11-20-13-3-1-4-13/h5-6,9,13,20,23H,1-4,7-8,10-11H2/t17-/m0/s1. The summed E-state index contributed by atoms with van der Waals surface area (Å²) in [6, 6.07) is 4.02. The van der Waals surface area contributed by atoms with Crippen LogP contribution in [0.3, 0.4) is 0 Å². The number of nitrogens with zero attached hydrogens (tertiary/aromatic N) is 1. The second-order valence-corrected chi connectivity index (χ2v) is 6.62. The summed E-state index contributed by atoms with van der Waals surface area (Å²) in [6.45, 7) is 0.954. The number of carbonyl (C=O) groups excluding carboxylic acids is 1. The van der Waals surface area contributed by atoms with Gasteiger partial charge in [-0.1, -0.05) is 12.5 Å². The Balaban J connectivity index is 1.64. The molecule has 1 aliphatic heterocycles. The number of rotatable bonds is 5. The third-order valence-electron chi connectivity index (χ3n) is 4.85. The van der Waals surface area contributed by atoms with E-state index >= 15 is 0 Å². The molecule has 1 aromatic carbocycles. The molecule has 2 N–H and O–H groups in total. The van der Waals surface area contributed by atoms with Crippen LogP contribution in [0, 0.1) is 11.6 Å². The number of halogens is 2. The lowest BCUT2D eigenvalue weighted by Crippen LogP contribution is -2.59. The zero-order chi connectivity index (χ0) is 16.4. The summed E-state index contributed by atoms with van der Waals surface area (Å²) < 4.78 is 26.3. The number of piperidine rings is 1. The summed E-state index contributed by atoms with van der Waals surface area (Å²) in [4.78, 5) is 14.1. The van der Waals surface area contributed by atoms with Crippen LogP contribution in [0.15, 0.2) is 18.2 Å². The molecule has 6 heteroatoms. The Hall–Kier alpha value is -1.53. The van der Waals surface area contributed by atoms with Crippen LogP contribution in [0.4, 0.5) is 8.78 Å². The van der Waals surface area contributed by atoms with Crippen LogP contribution < -0.4 is 5.32 Å². The minimum atomic E-state index is -1.40. The quantitative estimate of drug-likeness (QED) is 0.870. The van der Waals surface area contributed by atoms with E-state index in [2.05, 4.69) is 5.32 Å². The first-order valence-corrected chi connectivity index (χ1v) is 8.17. The van der Waals surface area contributed by atoms with Crippen molar-refractivity contribution in [1.29, 1.82) is 0 Å². The first kappa shape index (κ1) is 16.3. The van der Waals surface area contributed by atoms with Gasteiger partial charge in [0.15, 0.2) is 17.2 Å². The predicted octanol–water partition coefficient (Wildman–Crippen LogP) is 1.96. The number of hydrogen-bond acceptors (Lipinski definition) is 3. The molecule has 1 atom stereocenters. The molecule has 1 saturated carbocycles. The fraction of sp³-hybridized carbons (Fsp3) is 0.588. The predicted molar refractivity (Wildman–Crippen MR) is 81.6 cm³/mol. The van der Waals surface area contributed by atoms with Crippen LogP contribution in [-0.4, -0.2) is 40.6 Å². The Kier molecular flexibility index (Phi) is 4.64. The van der Waals surface area contributed by atoms with Gasteiger partial charge in [0.1, 0.15) is 0 Å². The average Bonchev–Trinajstić information content (AvgIpc) is 2.46. The second-order valence-electron chi connectivity index (χ2n) is 6.62. The molecule has 126 valence electrons. The number of nitrogens with one attached hydrogen (secondary N) is 1. The van der Waals surface area contributed by atoms with Crippen molar-refractivity contribution in [2.45, 2.75) is 50.3 Å². The largest absolute Gasteiger partial charge is 0.379 e. The van der Waals surface area contributed by atoms with Gasteiger partial charge in [0, 0.05) is 25.7 Å². The molecule has 3 rings (SSSR count). The van der Waals surface area contributed by atoms with E-state index in [1.165, 1.54) is 17.4 Å². The molecule has 2 aliphatic rings. The zero-order valence-corrected chi connectivity index (χ0v) is 13.0. The molecule has 1 aromatic rings. The number of likely N-dealkylation sites (tertiary alicyclic amines) is 1. The zero-order valence-electron chi connectivity index (χ0n) is 13.0. The van der Waals surface area contributed by atoms with Crippen molar-refractivity contribution >= 4 is 5.91 Å². The molecule has 1 aliphatic carbocycles. The van der Waals surface area contributed by atoms with Crippen molar-refractivity contribution in [1.82, 2.24) is 10.2 Å². The SMILES string of the molecule is O=C1N(Cc2ccc(F)c(F)c2)CCC[C@]1(O)CNC1CCC1. The highest BCUT2D eigenvalue weighted by Gasteiger charge is 2.42. The number of carbonyl (C=O) groups is 1. The van der Waals surface area contributed by atoms with Crippen LogP contribution in [0.25, 0.3) is 0 Å². The lowest BCUT2D eigenvalue weighted by molar-refractivity contribution is -0.157. The van der Waals surface area contributed by atoms with Gasteiger partial charge in [-0.25, -0.2) is 8.78 Å². The molecule has 0 unspecified atom stereocenters. The van der Waals surface area contributed by atoms with E-state index < -0.39 is 17.2 Å². The van der Waals surface area contributed by atoms with Gasteiger partial charge in [0.05, 0.1) is 0 Å². The summed E-state index contributed by atoms with van der Waals surface area (Å²) in [7, 11) is 0. The maximum absolute atomic E-state index is 13.3. The van der Waals surface area contributed by atoms with Crippen molar-refractivity contribution in [3.8, 4) is 0 Å².